The third-order valence-electron chi connectivity index (χ3n) is 3.12. The van der Waals surface area contributed by atoms with Crippen LogP contribution in [0, 0.1) is 6.92 Å². The Hall–Kier alpha value is -1.92. The molecule has 6 heteroatoms. The van der Waals surface area contributed by atoms with Crippen molar-refractivity contribution >= 4 is 33.2 Å². The van der Waals surface area contributed by atoms with Gasteiger partial charge < -0.3 is 9.73 Å². The van der Waals surface area contributed by atoms with Crippen molar-refractivity contribution < 1.29 is 9.21 Å². The molecule has 1 amide bonds. The normalized spacial score (nSPS) is 10.6. The molecule has 22 heavy (non-hydrogen) atoms. The van der Waals surface area contributed by atoms with E-state index in [1.54, 1.807) is 23.5 Å². The predicted molar refractivity (Wildman–Crippen MR) is 89.9 cm³/mol. The quantitative estimate of drug-likeness (QED) is 0.733. The summed E-state index contributed by atoms with van der Waals surface area (Å²) in [5.41, 5.74) is 2.02. The second kappa shape index (κ2) is 6.46. The number of hydrogen-bond donors (Lipinski definition) is 1. The summed E-state index contributed by atoms with van der Waals surface area (Å²) in [6, 6.07) is 13.3. The zero-order valence-electron chi connectivity index (χ0n) is 11.8. The van der Waals surface area contributed by atoms with Gasteiger partial charge in [0.15, 0.2) is 10.4 Å². The maximum absolute atomic E-state index is 12.0. The molecule has 3 aromatic rings. The molecule has 0 saturated heterocycles. The molecular weight excluding hydrogens is 364 g/mol. The van der Waals surface area contributed by atoms with Gasteiger partial charge in [-0.3, -0.25) is 4.79 Å². The molecule has 2 heterocycles. The molecule has 1 N–H and O–H groups in total. The second-order valence-electron chi connectivity index (χ2n) is 4.68. The zero-order valence-corrected chi connectivity index (χ0v) is 14.2. The van der Waals surface area contributed by atoms with E-state index in [4.69, 9.17) is 4.42 Å². The number of nitrogens with one attached hydrogen (secondary N) is 1. The molecule has 0 aliphatic rings. The number of thiazole rings is 1. The van der Waals surface area contributed by atoms with E-state index in [0.717, 1.165) is 21.1 Å². The van der Waals surface area contributed by atoms with Crippen LogP contribution in [0.25, 0.3) is 10.6 Å². The number of aryl methyl sites for hydroxylation is 1. The highest BCUT2D eigenvalue weighted by Gasteiger charge is 2.13. The molecule has 0 atom stereocenters. The van der Waals surface area contributed by atoms with Crippen molar-refractivity contribution in [3.63, 3.8) is 0 Å². The highest BCUT2D eigenvalue weighted by molar-refractivity contribution is 9.10. The van der Waals surface area contributed by atoms with Crippen LogP contribution in [0.1, 0.15) is 21.1 Å². The lowest BCUT2D eigenvalue weighted by atomic mass is 10.2. The molecule has 0 spiro atoms. The first-order chi connectivity index (χ1) is 10.6. The SMILES string of the molecule is Cc1nc(-c2ccccc2)sc1CNC(=O)c1ccc(Br)o1. The molecule has 112 valence electrons. The van der Waals surface area contributed by atoms with Gasteiger partial charge in [-0.2, -0.15) is 0 Å². The minimum absolute atomic E-state index is 0.236. The molecule has 3 rings (SSSR count). The minimum Gasteiger partial charge on any atom is -0.444 e. The Morgan fingerprint density at radius 3 is 2.73 bits per heavy atom. The van der Waals surface area contributed by atoms with Crippen LogP contribution in [0.5, 0.6) is 0 Å². The monoisotopic (exact) mass is 376 g/mol. The third kappa shape index (κ3) is 3.28. The number of carbonyl (C=O) groups is 1. The van der Waals surface area contributed by atoms with Crippen LogP contribution < -0.4 is 5.32 Å². The number of benzene rings is 1. The molecule has 2 aromatic heterocycles. The fourth-order valence-electron chi connectivity index (χ4n) is 1.98. The summed E-state index contributed by atoms with van der Waals surface area (Å²) in [4.78, 5) is 17.6. The minimum atomic E-state index is -0.236. The van der Waals surface area contributed by atoms with Gasteiger partial charge in [0.1, 0.15) is 5.01 Å². The van der Waals surface area contributed by atoms with E-state index in [2.05, 4.69) is 26.2 Å². The lowest BCUT2D eigenvalue weighted by Gasteiger charge is -2.01. The van der Waals surface area contributed by atoms with Gasteiger partial charge in [-0.05, 0) is 35.0 Å². The van der Waals surface area contributed by atoms with Crippen LogP contribution in [0.15, 0.2) is 51.6 Å². The molecule has 0 fully saturated rings. The summed E-state index contributed by atoms with van der Waals surface area (Å²) in [5, 5.41) is 3.81. The first kappa shape index (κ1) is 15.0. The topological polar surface area (TPSA) is 55.1 Å². The summed E-state index contributed by atoms with van der Waals surface area (Å²) in [6.45, 7) is 2.39. The lowest BCUT2D eigenvalue weighted by Crippen LogP contribution is -2.22. The van der Waals surface area contributed by atoms with Crippen LogP contribution in [-0.4, -0.2) is 10.9 Å². The van der Waals surface area contributed by atoms with Gasteiger partial charge in [-0.1, -0.05) is 30.3 Å². The molecule has 0 saturated carbocycles. The second-order valence-corrected chi connectivity index (χ2v) is 6.55. The molecule has 0 aliphatic carbocycles. The Morgan fingerprint density at radius 2 is 2.05 bits per heavy atom. The number of rotatable bonds is 4. The van der Waals surface area contributed by atoms with E-state index in [9.17, 15) is 4.79 Å². The van der Waals surface area contributed by atoms with E-state index in [1.807, 2.05) is 37.3 Å². The fourth-order valence-corrected chi connectivity index (χ4v) is 3.29. The average Bonchev–Trinajstić information content (AvgIpc) is 3.12. The van der Waals surface area contributed by atoms with Crippen molar-refractivity contribution in [2.75, 3.05) is 0 Å². The third-order valence-corrected chi connectivity index (χ3v) is 4.75. The van der Waals surface area contributed by atoms with Crippen LogP contribution in [0.4, 0.5) is 0 Å². The lowest BCUT2D eigenvalue weighted by molar-refractivity contribution is 0.0922. The summed E-state index contributed by atoms with van der Waals surface area (Å²) in [7, 11) is 0. The molecular formula is C16H13BrN2O2S. The average molecular weight is 377 g/mol. The highest BCUT2D eigenvalue weighted by Crippen LogP contribution is 2.27. The van der Waals surface area contributed by atoms with E-state index in [-0.39, 0.29) is 11.7 Å². The van der Waals surface area contributed by atoms with Crippen molar-refractivity contribution in [2.45, 2.75) is 13.5 Å². The zero-order chi connectivity index (χ0) is 15.5. The number of furan rings is 1. The van der Waals surface area contributed by atoms with Gasteiger partial charge in [-0.15, -0.1) is 11.3 Å². The summed E-state index contributed by atoms with van der Waals surface area (Å²) >= 11 is 4.77. The number of halogens is 1. The number of amides is 1. The maximum Gasteiger partial charge on any atom is 0.287 e. The molecule has 0 radical (unpaired) electrons. The maximum atomic E-state index is 12.0. The van der Waals surface area contributed by atoms with Gasteiger partial charge in [0.05, 0.1) is 12.2 Å². The number of carbonyl (C=O) groups excluding carboxylic acids is 1. The summed E-state index contributed by atoms with van der Waals surface area (Å²) in [5.74, 6) is 0.0529. The predicted octanol–water partition coefficient (Wildman–Crippen LogP) is 4.40. The van der Waals surface area contributed by atoms with Crippen LogP contribution in [0.2, 0.25) is 0 Å². The van der Waals surface area contributed by atoms with Gasteiger partial charge in [0.25, 0.3) is 5.91 Å². The Morgan fingerprint density at radius 1 is 1.27 bits per heavy atom. The summed E-state index contributed by atoms with van der Waals surface area (Å²) in [6.07, 6.45) is 0. The molecule has 1 aromatic carbocycles. The van der Waals surface area contributed by atoms with Gasteiger partial charge in [0.2, 0.25) is 0 Å². The van der Waals surface area contributed by atoms with Crippen molar-refractivity contribution in [3.05, 3.63) is 63.5 Å². The van der Waals surface area contributed by atoms with E-state index >= 15 is 0 Å². The molecule has 4 nitrogen and oxygen atoms in total. The Balaban J connectivity index is 1.71. The largest absolute Gasteiger partial charge is 0.444 e. The first-order valence-electron chi connectivity index (χ1n) is 6.69. The van der Waals surface area contributed by atoms with Crippen LogP contribution in [0.3, 0.4) is 0 Å². The summed E-state index contributed by atoms with van der Waals surface area (Å²) < 4.78 is 5.77. The smallest absolute Gasteiger partial charge is 0.287 e. The van der Waals surface area contributed by atoms with E-state index in [1.165, 1.54) is 0 Å². The van der Waals surface area contributed by atoms with Crippen molar-refractivity contribution in [1.82, 2.24) is 10.3 Å². The molecule has 0 aliphatic heterocycles. The Labute approximate surface area is 140 Å². The number of aromatic nitrogens is 1. The van der Waals surface area contributed by atoms with Crippen LogP contribution >= 0.6 is 27.3 Å². The fraction of sp³-hybridized carbons (Fsp3) is 0.125. The van der Waals surface area contributed by atoms with Crippen LogP contribution in [-0.2, 0) is 6.54 Å². The number of hydrogen-bond acceptors (Lipinski definition) is 4. The molecule has 0 unspecified atom stereocenters. The standard InChI is InChI=1S/C16H13BrN2O2S/c1-10-13(9-18-15(20)12-7-8-14(17)21-12)22-16(19-10)11-5-3-2-4-6-11/h2-8H,9H2,1H3,(H,18,20). The van der Waals surface area contributed by atoms with Gasteiger partial charge >= 0.3 is 0 Å². The number of nitrogens with zero attached hydrogens (tertiary/aromatic N) is 1. The molecule has 0 bridgehead atoms. The van der Waals surface area contributed by atoms with E-state index in [0.29, 0.717) is 11.2 Å². The van der Waals surface area contributed by atoms with Crippen molar-refractivity contribution in [3.8, 4) is 10.6 Å². The Kier molecular flexibility index (Phi) is 4.40. The van der Waals surface area contributed by atoms with Gasteiger partial charge in [-0.25, -0.2) is 4.98 Å². The van der Waals surface area contributed by atoms with Gasteiger partial charge in [0, 0.05) is 10.4 Å². The highest BCUT2D eigenvalue weighted by atomic mass is 79.9. The van der Waals surface area contributed by atoms with E-state index < -0.39 is 0 Å². The first-order valence-corrected chi connectivity index (χ1v) is 8.29. The van der Waals surface area contributed by atoms with Crippen molar-refractivity contribution in [2.24, 2.45) is 0 Å². The Bertz CT molecular complexity index is 796. The van der Waals surface area contributed by atoms with Crippen molar-refractivity contribution in [1.29, 1.82) is 0 Å².